The average Bonchev–Trinajstić information content (AvgIpc) is 3.28. The number of nitrogens with zero attached hydrogens (tertiary/aromatic N) is 9. The molecule has 4 heterocycles. The van der Waals surface area contributed by atoms with Crippen LogP contribution in [0.2, 0.25) is 0 Å². The fourth-order valence-corrected chi connectivity index (χ4v) is 3.43. The molecule has 0 unspecified atom stereocenters. The van der Waals surface area contributed by atoms with Crippen LogP contribution < -0.4 is 4.90 Å². The van der Waals surface area contributed by atoms with Gasteiger partial charge in [0, 0.05) is 44.6 Å². The van der Waals surface area contributed by atoms with Crippen molar-refractivity contribution in [2.45, 2.75) is 5.16 Å². The monoisotopic (exact) mass is 383 g/mol. The summed E-state index contributed by atoms with van der Waals surface area (Å²) in [6.07, 6.45) is 7.92. The van der Waals surface area contributed by atoms with Crippen molar-refractivity contribution in [1.29, 1.82) is 0 Å². The van der Waals surface area contributed by atoms with Crippen molar-refractivity contribution in [2.75, 3.05) is 36.8 Å². The molecule has 1 fully saturated rings. The van der Waals surface area contributed by atoms with Crippen LogP contribution in [0.25, 0.3) is 5.82 Å². The number of piperazine rings is 1. The molecule has 1 aliphatic rings. The summed E-state index contributed by atoms with van der Waals surface area (Å²) in [6.45, 7) is 2.73. The van der Waals surface area contributed by atoms with Gasteiger partial charge in [0.05, 0.1) is 5.75 Å². The molecule has 0 atom stereocenters. The molecule has 4 rings (SSSR count). The van der Waals surface area contributed by atoms with E-state index in [0.29, 0.717) is 42.9 Å². The van der Waals surface area contributed by atoms with Gasteiger partial charge in [0.2, 0.25) is 5.91 Å². The molecule has 0 spiro atoms. The molecule has 0 aromatic carbocycles. The highest BCUT2D eigenvalue weighted by atomic mass is 32.2. The zero-order valence-corrected chi connectivity index (χ0v) is 15.2. The predicted molar refractivity (Wildman–Crippen MR) is 98.5 cm³/mol. The summed E-state index contributed by atoms with van der Waals surface area (Å²) in [5.41, 5.74) is 0. The van der Waals surface area contributed by atoms with Crippen LogP contribution in [0.1, 0.15) is 0 Å². The molecule has 3 aromatic heterocycles. The first-order valence-electron chi connectivity index (χ1n) is 8.39. The topological polar surface area (TPSA) is 106 Å². The Morgan fingerprint density at radius 2 is 1.78 bits per heavy atom. The summed E-state index contributed by atoms with van der Waals surface area (Å²) >= 11 is 1.36. The van der Waals surface area contributed by atoms with Crippen molar-refractivity contribution in [3.05, 3.63) is 43.5 Å². The quantitative estimate of drug-likeness (QED) is 0.454. The first-order valence-corrected chi connectivity index (χ1v) is 9.38. The lowest BCUT2D eigenvalue weighted by Gasteiger charge is -2.35. The summed E-state index contributed by atoms with van der Waals surface area (Å²) in [5.74, 6) is 1.91. The van der Waals surface area contributed by atoms with E-state index in [1.54, 1.807) is 29.5 Å². The first-order chi connectivity index (χ1) is 13.3. The van der Waals surface area contributed by atoms with Crippen molar-refractivity contribution in [3.63, 3.8) is 0 Å². The lowest BCUT2D eigenvalue weighted by Crippen LogP contribution is -2.49. The molecule has 10 nitrogen and oxygen atoms in total. The Labute approximate surface area is 159 Å². The molecule has 1 aliphatic heterocycles. The zero-order valence-electron chi connectivity index (χ0n) is 14.4. The van der Waals surface area contributed by atoms with E-state index in [0.717, 1.165) is 5.82 Å². The molecule has 1 amide bonds. The molecular formula is C16H17N9OS. The Hall–Kier alpha value is -3.08. The molecule has 11 heteroatoms. The molecule has 138 valence electrons. The number of thioether (sulfide) groups is 1. The van der Waals surface area contributed by atoms with Crippen LogP contribution in [-0.4, -0.2) is 77.4 Å². The van der Waals surface area contributed by atoms with E-state index in [4.69, 9.17) is 0 Å². The highest BCUT2D eigenvalue weighted by Crippen LogP contribution is 2.17. The van der Waals surface area contributed by atoms with E-state index < -0.39 is 0 Å². The number of anilines is 1. The maximum absolute atomic E-state index is 12.4. The molecule has 0 saturated carbocycles. The Kier molecular flexibility index (Phi) is 5.19. The third-order valence-corrected chi connectivity index (χ3v) is 4.98. The highest BCUT2D eigenvalue weighted by Gasteiger charge is 2.22. The maximum Gasteiger partial charge on any atom is 0.233 e. The van der Waals surface area contributed by atoms with Gasteiger partial charge >= 0.3 is 0 Å². The summed E-state index contributed by atoms with van der Waals surface area (Å²) < 4.78 is 1.59. The third-order valence-electron chi connectivity index (χ3n) is 4.11. The Morgan fingerprint density at radius 1 is 1.00 bits per heavy atom. The lowest BCUT2D eigenvalue weighted by atomic mass is 10.3. The summed E-state index contributed by atoms with van der Waals surface area (Å²) in [6, 6.07) is 3.63. The van der Waals surface area contributed by atoms with Gasteiger partial charge in [-0.1, -0.05) is 11.8 Å². The Balaban J connectivity index is 1.32. The largest absolute Gasteiger partial charge is 0.353 e. The second-order valence-corrected chi connectivity index (χ2v) is 6.70. The summed E-state index contributed by atoms with van der Waals surface area (Å²) in [4.78, 5) is 37.2. The van der Waals surface area contributed by atoms with Gasteiger partial charge in [0.1, 0.15) is 24.8 Å². The van der Waals surface area contributed by atoms with Gasteiger partial charge in [0.15, 0.2) is 11.0 Å². The number of aromatic nitrogens is 7. The Morgan fingerprint density at radius 3 is 2.52 bits per heavy atom. The standard InChI is InChI=1S/C16H17N9OS/c26-15(9-27-16-18-2-1-3-19-16)24-6-4-23(5-7-24)13-8-14(21-11-20-13)25-12-17-10-22-25/h1-3,8,10-12H,4-7,9H2. The molecule has 0 bridgehead atoms. The fourth-order valence-electron chi connectivity index (χ4n) is 2.72. The number of amides is 1. The van der Waals surface area contributed by atoms with Crippen LogP contribution >= 0.6 is 11.8 Å². The van der Waals surface area contributed by atoms with Crippen molar-refractivity contribution in [3.8, 4) is 5.82 Å². The van der Waals surface area contributed by atoms with Crippen molar-refractivity contribution >= 4 is 23.5 Å². The third kappa shape index (κ3) is 4.19. The van der Waals surface area contributed by atoms with Gasteiger partial charge < -0.3 is 9.80 Å². The van der Waals surface area contributed by atoms with Gasteiger partial charge in [-0.25, -0.2) is 29.6 Å². The second kappa shape index (κ2) is 8.08. The van der Waals surface area contributed by atoms with Crippen LogP contribution in [0, 0.1) is 0 Å². The van der Waals surface area contributed by atoms with Crippen LogP contribution in [0.15, 0.2) is 48.7 Å². The van der Waals surface area contributed by atoms with Gasteiger partial charge in [-0.05, 0) is 6.07 Å². The van der Waals surface area contributed by atoms with Gasteiger partial charge in [0.25, 0.3) is 0 Å². The van der Waals surface area contributed by atoms with Gasteiger partial charge in [-0.15, -0.1) is 0 Å². The molecule has 27 heavy (non-hydrogen) atoms. The number of rotatable bonds is 5. The van der Waals surface area contributed by atoms with E-state index >= 15 is 0 Å². The van der Waals surface area contributed by atoms with Crippen LogP contribution in [0.4, 0.5) is 5.82 Å². The number of carbonyl (C=O) groups excluding carboxylic acids is 1. The molecule has 3 aromatic rings. The number of hydrogen-bond acceptors (Lipinski definition) is 9. The molecule has 0 radical (unpaired) electrons. The van der Waals surface area contributed by atoms with Crippen molar-refractivity contribution in [1.82, 2.24) is 39.6 Å². The fraction of sp³-hybridized carbons (Fsp3) is 0.312. The van der Waals surface area contributed by atoms with Gasteiger partial charge in [-0.3, -0.25) is 4.79 Å². The van der Waals surface area contributed by atoms with Crippen LogP contribution in [0.3, 0.4) is 0 Å². The van der Waals surface area contributed by atoms with E-state index in [-0.39, 0.29) is 5.91 Å². The molecule has 1 saturated heterocycles. The summed E-state index contributed by atoms with van der Waals surface area (Å²) in [5, 5.41) is 4.70. The maximum atomic E-state index is 12.4. The second-order valence-electron chi connectivity index (χ2n) is 5.76. The van der Waals surface area contributed by atoms with E-state index in [1.807, 2.05) is 11.0 Å². The lowest BCUT2D eigenvalue weighted by molar-refractivity contribution is -0.128. The number of hydrogen-bond donors (Lipinski definition) is 0. The first kappa shape index (κ1) is 17.3. The van der Waals surface area contributed by atoms with E-state index in [1.165, 1.54) is 24.4 Å². The Bertz CT molecular complexity index is 882. The minimum atomic E-state index is 0.0955. The minimum Gasteiger partial charge on any atom is -0.353 e. The van der Waals surface area contributed by atoms with Gasteiger partial charge in [-0.2, -0.15) is 5.10 Å². The van der Waals surface area contributed by atoms with E-state index in [9.17, 15) is 4.79 Å². The molecular weight excluding hydrogens is 366 g/mol. The zero-order chi connectivity index (χ0) is 18.5. The molecule has 0 N–H and O–H groups in total. The average molecular weight is 383 g/mol. The predicted octanol–water partition coefficient (Wildman–Crippen LogP) is 0.288. The van der Waals surface area contributed by atoms with Crippen LogP contribution in [-0.2, 0) is 4.79 Å². The molecule has 0 aliphatic carbocycles. The smallest absolute Gasteiger partial charge is 0.233 e. The van der Waals surface area contributed by atoms with Crippen LogP contribution in [0.5, 0.6) is 0 Å². The summed E-state index contributed by atoms with van der Waals surface area (Å²) in [7, 11) is 0. The van der Waals surface area contributed by atoms with E-state index in [2.05, 4.69) is 34.9 Å². The normalized spacial score (nSPS) is 14.4. The SMILES string of the molecule is O=C(CSc1ncccn1)N1CCN(c2cc(-n3cncn3)ncn2)CC1. The minimum absolute atomic E-state index is 0.0955. The van der Waals surface area contributed by atoms with Crippen molar-refractivity contribution < 1.29 is 4.79 Å². The number of carbonyl (C=O) groups is 1. The van der Waals surface area contributed by atoms with Crippen molar-refractivity contribution in [2.24, 2.45) is 0 Å². The highest BCUT2D eigenvalue weighted by molar-refractivity contribution is 7.99.